The minimum absolute atomic E-state index is 0.0256. The molecule has 4 rings (SSSR count). The van der Waals surface area contributed by atoms with Crippen LogP contribution in [-0.4, -0.2) is 35.2 Å². The summed E-state index contributed by atoms with van der Waals surface area (Å²) in [7, 11) is 0. The first kappa shape index (κ1) is 15.0. The number of rotatable bonds is 3. The monoisotopic (exact) mass is 345 g/mol. The van der Waals surface area contributed by atoms with Gasteiger partial charge >= 0.3 is 5.97 Å². The van der Waals surface area contributed by atoms with Gasteiger partial charge in [0.2, 0.25) is 6.79 Å². The van der Waals surface area contributed by atoms with Gasteiger partial charge in [-0.15, -0.1) is 11.3 Å². The fourth-order valence-corrected chi connectivity index (χ4v) is 3.99. The number of hydrogen-bond donors (Lipinski definition) is 1. The zero-order chi connectivity index (χ0) is 16.7. The van der Waals surface area contributed by atoms with E-state index in [1.165, 1.54) is 6.07 Å². The maximum atomic E-state index is 12.8. The molecule has 1 atom stereocenters. The van der Waals surface area contributed by atoms with Crippen LogP contribution in [0.5, 0.6) is 11.5 Å². The van der Waals surface area contributed by atoms with Gasteiger partial charge in [0, 0.05) is 6.54 Å². The number of hydrogen-bond acceptors (Lipinski definition) is 5. The first-order valence-electron chi connectivity index (χ1n) is 7.67. The molecule has 1 aromatic carbocycles. The molecule has 2 aromatic rings. The van der Waals surface area contributed by atoms with E-state index in [-0.39, 0.29) is 23.6 Å². The van der Waals surface area contributed by atoms with Gasteiger partial charge < -0.3 is 19.5 Å². The van der Waals surface area contributed by atoms with Crippen molar-refractivity contribution >= 4 is 23.2 Å². The van der Waals surface area contributed by atoms with E-state index in [4.69, 9.17) is 14.6 Å². The summed E-state index contributed by atoms with van der Waals surface area (Å²) in [5, 5.41) is 9.02. The van der Waals surface area contributed by atoms with Gasteiger partial charge in [-0.1, -0.05) is 6.07 Å². The minimum atomic E-state index is -1.01. The highest BCUT2D eigenvalue weighted by Gasteiger charge is 2.32. The molecule has 0 saturated carbocycles. The molecule has 0 spiro atoms. The Hall–Kier alpha value is -2.54. The van der Waals surface area contributed by atoms with E-state index < -0.39 is 5.97 Å². The Morgan fingerprint density at radius 1 is 1.12 bits per heavy atom. The molecule has 2 aliphatic rings. The van der Waals surface area contributed by atoms with Crippen molar-refractivity contribution < 1.29 is 24.2 Å². The lowest BCUT2D eigenvalue weighted by Crippen LogP contribution is -2.29. The van der Waals surface area contributed by atoms with Crippen molar-refractivity contribution in [1.82, 2.24) is 4.90 Å². The number of carbonyl (C=O) groups excluding carboxylic acids is 1. The Morgan fingerprint density at radius 3 is 2.71 bits per heavy atom. The van der Waals surface area contributed by atoms with Gasteiger partial charge in [-0.25, -0.2) is 4.79 Å². The third-order valence-corrected chi connectivity index (χ3v) is 5.38. The summed E-state index contributed by atoms with van der Waals surface area (Å²) in [4.78, 5) is 26.3. The largest absolute Gasteiger partial charge is 0.477 e. The lowest BCUT2D eigenvalue weighted by atomic mass is 10.0. The fourth-order valence-electron chi connectivity index (χ4n) is 3.19. The molecule has 1 amide bonds. The molecule has 0 bridgehead atoms. The van der Waals surface area contributed by atoms with Gasteiger partial charge in [0.15, 0.2) is 11.5 Å². The number of ether oxygens (including phenoxy) is 2. The molecular weight excluding hydrogens is 330 g/mol. The number of carbonyl (C=O) groups is 2. The number of nitrogens with zero attached hydrogens (tertiary/aromatic N) is 1. The quantitative estimate of drug-likeness (QED) is 0.925. The smallest absolute Gasteiger partial charge is 0.345 e. The molecule has 0 aliphatic carbocycles. The van der Waals surface area contributed by atoms with E-state index in [1.54, 1.807) is 6.07 Å². The molecule has 1 unspecified atom stereocenters. The van der Waals surface area contributed by atoms with Crippen LogP contribution in [0.4, 0.5) is 0 Å². The Morgan fingerprint density at radius 2 is 1.92 bits per heavy atom. The van der Waals surface area contributed by atoms with Crippen molar-refractivity contribution in [3.8, 4) is 11.5 Å². The van der Waals surface area contributed by atoms with Crippen LogP contribution >= 0.6 is 11.3 Å². The maximum absolute atomic E-state index is 12.8. The molecule has 7 heteroatoms. The van der Waals surface area contributed by atoms with Gasteiger partial charge in [0.05, 0.1) is 10.9 Å². The molecule has 6 nitrogen and oxygen atoms in total. The molecule has 2 aliphatic heterocycles. The predicted octanol–water partition coefficient (Wildman–Crippen LogP) is 3.15. The Bertz CT molecular complexity index is 815. The molecule has 1 aromatic heterocycles. The first-order chi connectivity index (χ1) is 11.6. The zero-order valence-electron chi connectivity index (χ0n) is 12.7. The van der Waals surface area contributed by atoms with E-state index in [2.05, 4.69) is 0 Å². The van der Waals surface area contributed by atoms with Crippen molar-refractivity contribution in [3.05, 3.63) is 45.6 Å². The van der Waals surface area contributed by atoms with Crippen LogP contribution in [0.15, 0.2) is 30.3 Å². The lowest BCUT2D eigenvalue weighted by Gasteiger charge is -2.24. The topological polar surface area (TPSA) is 76.1 Å². The average molecular weight is 345 g/mol. The van der Waals surface area contributed by atoms with Crippen LogP contribution in [0.1, 0.15) is 43.8 Å². The van der Waals surface area contributed by atoms with E-state index in [1.807, 2.05) is 23.1 Å². The number of benzene rings is 1. The fraction of sp³-hybridized carbons (Fsp3) is 0.294. The van der Waals surface area contributed by atoms with E-state index in [9.17, 15) is 9.59 Å². The third kappa shape index (κ3) is 2.50. The van der Waals surface area contributed by atoms with Crippen molar-refractivity contribution in [2.45, 2.75) is 18.9 Å². The second-order valence-corrected chi connectivity index (χ2v) is 6.82. The zero-order valence-corrected chi connectivity index (χ0v) is 13.5. The van der Waals surface area contributed by atoms with Crippen LogP contribution in [0.3, 0.4) is 0 Å². The summed E-state index contributed by atoms with van der Waals surface area (Å²) in [6.07, 6.45) is 1.80. The molecule has 0 radical (unpaired) electrons. The number of thiophene rings is 1. The van der Waals surface area contributed by atoms with Crippen molar-refractivity contribution in [3.63, 3.8) is 0 Å². The molecule has 1 N–H and O–H groups in total. The first-order valence-corrected chi connectivity index (χ1v) is 8.49. The number of likely N-dealkylation sites (tertiary alicyclic amines) is 1. The van der Waals surface area contributed by atoms with Crippen molar-refractivity contribution in [2.75, 3.05) is 13.3 Å². The highest BCUT2D eigenvalue weighted by Crippen LogP contribution is 2.39. The molecule has 24 heavy (non-hydrogen) atoms. The lowest BCUT2D eigenvalue weighted by molar-refractivity contribution is 0.0701. The van der Waals surface area contributed by atoms with E-state index in [0.29, 0.717) is 17.2 Å². The predicted molar refractivity (Wildman–Crippen MR) is 86.9 cm³/mol. The standard InChI is InChI=1S/C17H15NO5S/c19-16(14-5-6-15(24-14)17(20)21)18-7-1-2-11(18)10-3-4-12-13(8-10)23-9-22-12/h3-6,8,11H,1-2,7,9H2,(H,20,21). The second-order valence-electron chi connectivity index (χ2n) is 5.74. The number of carboxylic acids is 1. The Labute approximate surface area is 142 Å². The molecule has 124 valence electrons. The number of carboxylic acid groups (broad SMARTS) is 1. The number of fused-ring (bicyclic) bond motifs is 1. The summed E-state index contributed by atoms with van der Waals surface area (Å²) in [6.45, 7) is 0.886. The summed E-state index contributed by atoms with van der Waals surface area (Å²) >= 11 is 1.02. The normalized spacial score (nSPS) is 18.8. The van der Waals surface area contributed by atoms with Crippen LogP contribution in [0.25, 0.3) is 0 Å². The van der Waals surface area contributed by atoms with Crippen LogP contribution in [-0.2, 0) is 0 Å². The van der Waals surface area contributed by atoms with Crippen LogP contribution < -0.4 is 9.47 Å². The summed E-state index contributed by atoms with van der Waals surface area (Å²) in [5.41, 5.74) is 1.01. The van der Waals surface area contributed by atoms with Gasteiger partial charge in [-0.05, 0) is 42.7 Å². The van der Waals surface area contributed by atoms with Gasteiger partial charge in [0.25, 0.3) is 5.91 Å². The van der Waals surface area contributed by atoms with E-state index in [0.717, 1.165) is 35.5 Å². The average Bonchev–Trinajstić information content (AvgIpc) is 3.31. The summed E-state index contributed by atoms with van der Waals surface area (Å²) in [5.74, 6) is 0.301. The Kier molecular flexibility index (Phi) is 3.65. The summed E-state index contributed by atoms with van der Waals surface area (Å²) < 4.78 is 10.7. The molecule has 3 heterocycles. The highest BCUT2D eigenvalue weighted by atomic mass is 32.1. The number of aromatic carboxylic acids is 1. The van der Waals surface area contributed by atoms with Gasteiger partial charge in [-0.3, -0.25) is 4.79 Å². The van der Waals surface area contributed by atoms with Crippen LogP contribution in [0.2, 0.25) is 0 Å². The molecule has 1 fully saturated rings. The summed E-state index contributed by atoms with van der Waals surface area (Å²) in [6, 6.07) is 8.79. The van der Waals surface area contributed by atoms with E-state index >= 15 is 0 Å². The number of amides is 1. The molecule has 1 saturated heterocycles. The second kappa shape index (κ2) is 5.83. The Balaban J connectivity index is 1.60. The van der Waals surface area contributed by atoms with Gasteiger partial charge in [-0.2, -0.15) is 0 Å². The van der Waals surface area contributed by atoms with Crippen LogP contribution in [0, 0.1) is 0 Å². The van der Waals surface area contributed by atoms with Gasteiger partial charge in [0.1, 0.15) is 4.88 Å². The van der Waals surface area contributed by atoms with Crippen molar-refractivity contribution in [1.29, 1.82) is 0 Å². The maximum Gasteiger partial charge on any atom is 0.345 e. The molecular formula is C17H15NO5S. The third-order valence-electron chi connectivity index (χ3n) is 4.32. The minimum Gasteiger partial charge on any atom is -0.477 e. The SMILES string of the molecule is O=C(O)c1ccc(C(=O)N2CCCC2c2ccc3c(c2)OCO3)s1. The highest BCUT2D eigenvalue weighted by molar-refractivity contribution is 7.15. The van der Waals surface area contributed by atoms with Crippen molar-refractivity contribution in [2.24, 2.45) is 0 Å².